The van der Waals surface area contributed by atoms with E-state index in [1.807, 2.05) is 6.92 Å². The van der Waals surface area contributed by atoms with Gasteiger partial charge in [-0.05, 0) is 63.1 Å². The van der Waals surface area contributed by atoms with Gasteiger partial charge in [-0.15, -0.1) is 0 Å². The normalized spacial score (nSPS) is 21.5. The van der Waals surface area contributed by atoms with Crippen LogP contribution in [0.4, 0.5) is 5.69 Å². The van der Waals surface area contributed by atoms with Crippen molar-refractivity contribution in [1.29, 1.82) is 0 Å². The Balaban J connectivity index is 1.57. The van der Waals surface area contributed by atoms with Crippen molar-refractivity contribution in [3.8, 4) is 5.75 Å². The van der Waals surface area contributed by atoms with Crippen LogP contribution >= 0.6 is 0 Å². The summed E-state index contributed by atoms with van der Waals surface area (Å²) in [7, 11) is 2.15. The summed E-state index contributed by atoms with van der Waals surface area (Å²) in [5, 5.41) is 12.8. The second-order valence-corrected chi connectivity index (χ2v) is 10.7. The molecule has 2 N–H and O–H groups in total. The van der Waals surface area contributed by atoms with Crippen LogP contribution in [0.2, 0.25) is 0 Å². The van der Waals surface area contributed by atoms with E-state index in [0.717, 1.165) is 19.0 Å². The molecule has 4 rings (SSSR count). The molecule has 8 nitrogen and oxygen atoms in total. The third kappa shape index (κ3) is 6.87. The predicted molar refractivity (Wildman–Crippen MR) is 144 cm³/mol. The maximum absolute atomic E-state index is 13.6. The number of hydrogen-bond donors (Lipinski definition) is 2. The third-order valence-electron chi connectivity index (χ3n) is 7.65. The summed E-state index contributed by atoms with van der Waals surface area (Å²) in [6.45, 7) is 6.13. The molecule has 1 aliphatic carbocycles. The number of rotatable bonds is 8. The monoisotopic (exact) mass is 508 g/mol. The molecule has 3 atom stereocenters. The third-order valence-corrected chi connectivity index (χ3v) is 7.65. The topological polar surface area (TPSA) is 95.0 Å². The number of aliphatic hydroxyl groups is 1. The summed E-state index contributed by atoms with van der Waals surface area (Å²) in [4.78, 5) is 34.4. The van der Waals surface area contributed by atoms with Gasteiger partial charge in [0.1, 0.15) is 11.9 Å². The summed E-state index contributed by atoms with van der Waals surface area (Å²) < 4.78 is 6.51. The number of hydrogen-bond acceptors (Lipinski definition) is 6. The SMILES string of the molecule is C[C@@H]1CN([C@H](C)CO)C(=O)c2cc(NC(=O)c3ccncc3)ccc2O[C@H]1CN(C)CC1CCCCC1. The molecule has 200 valence electrons. The number of nitrogens with one attached hydrogen (secondary N) is 1. The molecule has 2 heterocycles. The van der Waals surface area contributed by atoms with Gasteiger partial charge in [0.15, 0.2) is 0 Å². The van der Waals surface area contributed by atoms with E-state index in [9.17, 15) is 14.7 Å². The lowest BCUT2D eigenvalue weighted by Gasteiger charge is -2.38. The summed E-state index contributed by atoms with van der Waals surface area (Å²) in [5.41, 5.74) is 1.38. The minimum Gasteiger partial charge on any atom is -0.488 e. The first kappa shape index (κ1) is 27.1. The highest BCUT2D eigenvalue weighted by atomic mass is 16.5. The molecular formula is C29H40N4O4. The van der Waals surface area contributed by atoms with Gasteiger partial charge >= 0.3 is 0 Å². The van der Waals surface area contributed by atoms with Crippen LogP contribution in [-0.2, 0) is 0 Å². The lowest BCUT2D eigenvalue weighted by molar-refractivity contribution is 0.0330. The summed E-state index contributed by atoms with van der Waals surface area (Å²) in [5.74, 6) is 0.819. The standard InChI is InChI=1S/C29H40N4O4/c1-20-16-33(21(2)19-34)29(36)25-15-24(31-28(35)23-11-13-30-14-12-23)9-10-26(25)37-27(20)18-32(3)17-22-7-5-4-6-8-22/h9-15,20-22,27,34H,4-8,16-19H2,1-3H3,(H,31,35)/t20-,21-,27+/m1/s1. The van der Waals surface area contributed by atoms with Crippen molar-refractivity contribution in [2.24, 2.45) is 11.8 Å². The van der Waals surface area contributed by atoms with Gasteiger partial charge in [-0.25, -0.2) is 0 Å². The predicted octanol–water partition coefficient (Wildman–Crippen LogP) is 4.07. The van der Waals surface area contributed by atoms with Crippen LogP contribution in [0.1, 0.15) is 66.7 Å². The number of carbonyl (C=O) groups is 2. The van der Waals surface area contributed by atoms with Crippen molar-refractivity contribution in [3.63, 3.8) is 0 Å². The van der Waals surface area contributed by atoms with Gasteiger partial charge in [-0.2, -0.15) is 0 Å². The van der Waals surface area contributed by atoms with Crippen molar-refractivity contribution in [3.05, 3.63) is 53.9 Å². The molecule has 0 bridgehead atoms. The molecule has 1 aromatic heterocycles. The van der Waals surface area contributed by atoms with Crippen LogP contribution < -0.4 is 10.1 Å². The Morgan fingerprint density at radius 3 is 2.62 bits per heavy atom. The highest BCUT2D eigenvalue weighted by Crippen LogP contribution is 2.31. The number of benzene rings is 1. The molecule has 1 saturated carbocycles. The van der Waals surface area contributed by atoms with E-state index in [1.54, 1.807) is 47.6 Å². The van der Waals surface area contributed by atoms with Gasteiger partial charge in [0.05, 0.1) is 18.2 Å². The first-order chi connectivity index (χ1) is 17.9. The molecule has 0 saturated heterocycles. The molecule has 1 aliphatic heterocycles. The lowest BCUT2D eigenvalue weighted by atomic mass is 9.89. The number of fused-ring (bicyclic) bond motifs is 1. The molecule has 37 heavy (non-hydrogen) atoms. The Labute approximate surface area is 220 Å². The molecule has 1 aromatic carbocycles. The number of amides is 2. The van der Waals surface area contributed by atoms with Crippen molar-refractivity contribution in [2.75, 3.05) is 38.6 Å². The minimum atomic E-state index is -0.336. The fourth-order valence-corrected chi connectivity index (χ4v) is 5.42. The van der Waals surface area contributed by atoms with Gasteiger partial charge in [0.25, 0.3) is 11.8 Å². The average molecular weight is 509 g/mol. The zero-order valence-electron chi connectivity index (χ0n) is 22.2. The first-order valence-electron chi connectivity index (χ1n) is 13.5. The van der Waals surface area contributed by atoms with Crippen molar-refractivity contribution in [1.82, 2.24) is 14.8 Å². The van der Waals surface area contributed by atoms with Crippen molar-refractivity contribution < 1.29 is 19.4 Å². The smallest absolute Gasteiger partial charge is 0.258 e. The molecule has 8 heteroatoms. The molecule has 0 radical (unpaired) electrons. The number of ether oxygens (including phenoxy) is 1. The highest BCUT2D eigenvalue weighted by Gasteiger charge is 2.34. The molecule has 1 fully saturated rings. The van der Waals surface area contributed by atoms with E-state index < -0.39 is 0 Å². The maximum Gasteiger partial charge on any atom is 0.258 e. The fourth-order valence-electron chi connectivity index (χ4n) is 5.42. The van der Waals surface area contributed by atoms with Crippen LogP contribution in [0, 0.1) is 11.8 Å². The summed E-state index contributed by atoms with van der Waals surface area (Å²) in [6.07, 6.45) is 9.57. The highest BCUT2D eigenvalue weighted by molar-refractivity contribution is 6.05. The molecule has 2 aliphatic rings. The van der Waals surface area contributed by atoms with Crippen molar-refractivity contribution in [2.45, 2.75) is 58.1 Å². The molecule has 2 amide bonds. The zero-order chi connectivity index (χ0) is 26.4. The molecule has 2 aromatic rings. The number of likely N-dealkylation sites (N-methyl/N-ethyl adjacent to an activating group) is 1. The quantitative estimate of drug-likeness (QED) is 0.558. The number of pyridine rings is 1. The maximum atomic E-state index is 13.6. The number of aliphatic hydroxyl groups excluding tert-OH is 1. The van der Waals surface area contributed by atoms with Gasteiger partial charge in [0.2, 0.25) is 0 Å². The largest absolute Gasteiger partial charge is 0.488 e. The lowest BCUT2D eigenvalue weighted by Crippen LogP contribution is -2.50. The fraction of sp³-hybridized carbons (Fsp3) is 0.552. The van der Waals surface area contributed by atoms with E-state index in [-0.39, 0.29) is 36.5 Å². The average Bonchev–Trinajstić information content (AvgIpc) is 2.91. The van der Waals surface area contributed by atoms with Crippen LogP contribution in [0.25, 0.3) is 0 Å². The van der Waals surface area contributed by atoms with Crippen molar-refractivity contribution >= 4 is 17.5 Å². The minimum absolute atomic E-state index is 0.0750. The van der Waals surface area contributed by atoms with E-state index in [2.05, 4.69) is 29.2 Å². The molecule has 0 spiro atoms. The van der Waals surface area contributed by atoms with Gasteiger partial charge in [-0.1, -0.05) is 26.2 Å². The van der Waals surface area contributed by atoms with E-state index in [4.69, 9.17) is 4.74 Å². The Hall–Kier alpha value is -2.97. The van der Waals surface area contributed by atoms with Crippen LogP contribution in [0.3, 0.4) is 0 Å². The first-order valence-corrected chi connectivity index (χ1v) is 13.5. The number of aromatic nitrogens is 1. The summed E-state index contributed by atoms with van der Waals surface area (Å²) >= 11 is 0. The Bertz CT molecular complexity index is 1060. The molecule has 0 unspecified atom stereocenters. The zero-order valence-corrected chi connectivity index (χ0v) is 22.2. The number of carbonyl (C=O) groups excluding carboxylic acids is 2. The number of nitrogens with zero attached hydrogens (tertiary/aromatic N) is 3. The number of anilines is 1. The van der Waals surface area contributed by atoms with Gasteiger partial charge in [0, 0.05) is 49.2 Å². The summed E-state index contributed by atoms with van der Waals surface area (Å²) in [6, 6.07) is 8.14. The van der Waals surface area contributed by atoms with Crippen LogP contribution in [0.5, 0.6) is 5.75 Å². The van der Waals surface area contributed by atoms with Gasteiger partial charge in [-0.3, -0.25) is 14.6 Å². The van der Waals surface area contributed by atoms with Crippen LogP contribution in [0.15, 0.2) is 42.7 Å². The van der Waals surface area contributed by atoms with Gasteiger partial charge < -0.3 is 25.0 Å². The van der Waals surface area contributed by atoms with Crippen LogP contribution in [-0.4, -0.2) is 77.1 Å². The Kier molecular flexibility index (Phi) is 9.16. The van der Waals surface area contributed by atoms with E-state index >= 15 is 0 Å². The Morgan fingerprint density at radius 2 is 1.92 bits per heavy atom. The second-order valence-electron chi connectivity index (χ2n) is 10.7. The van der Waals surface area contributed by atoms with E-state index in [0.29, 0.717) is 29.1 Å². The van der Waals surface area contributed by atoms with E-state index in [1.165, 1.54) is 32.1 Å². The second kappa shape index (κ2) is 12.5. The Morgan fingerprint density at radius 1 is 1.19 bits per heavy atom. The molecular weight excluding hydrogens is 468 g/mol.